The molecule has 0 radical (unpaired) electrons. The molecule has 2 aliphatic rings. The van der Waals surface area contributed by atoms with E-state index in [1.165, 1.54) is 0 Å². The molecular weight excluding hydrogens is 500 g/mol. The van der Waals surface area contributed by atoms with Gasteiger partial charge in [-0.05, 0) is 56.5 Å². The molecule has 39 heavy (non-hydrogen) atoms. The molecule has 3 heterocycles. The molecule has 0 saturated carbocycles. The Bertz CT molecular complexity index is 1170. The van der Waals surface area contributed by atoms with Crippen molar-refractivity contribution in [1.29, 1.82) is 0 Å². The van der Waals surface area contributed by atoms with Crippen molar-refractivity contribution in [3.8, 4) is 11.5 Å². The Kier molecular flexibility index (Phi) is 10.1. The molecule has 2 aromatic rings. The molecule has 9 nitrogen and oxygen atoms in total. The first kappa shape index (κ1) is 28.7. The fourth-order valence-electron chi connectivity index (χ4n) is 5.06. The van der Waals surface area contributed by atoms with Crippen LogP contribution in [-0.4, -0.2) is 79.2 Å². The van der Waals surface area contributed by atoms with E-state index in [2.05, 4.69) is 11.8 Å². The SMILES string of the molecule is CCCCCOc1ccc(C2C(C(=O)c3ccc(C)o3)=C(O)C(=O)N2CCCN2CCOCC2)cc1OCC. The number of hydrogen-bond acceptors (Lipinski definition) is 8. The highest BCUT2D eigenvalue weighted by atomic mass is 16.5. The van der Waals surface area contributed by atoms with E-state index in [4.69, 9.17) is 18.6 Å². The van der Waals surface area contributed by atoms with Crippen LogP contribution in [-0.2, 0) is 9.53 Å². The number of furan rings is 1. The minimum absolute atomic E-state index is 0.0137. The van der Waals surface area contributed by atoms with Gasteiger partial charge in [-0.1, -0.05) is 25.8 Å². The average Bonchev–Trinajstić information content (AvgIpc) is 3.49. The Hall–Kier alpha value is -3.30. The number of benzene rings is 1. The van der Waals surface area contributed by atoms with E-state index >= 15 is 0 Å². The number of nitrogens with zero attached hydrogens (tertiary/aromatic N) is 2. The second kappa shape index (κ2) is 13.7. The summed E-state index contributed by atoms with van der Waals surface area (Å²) in [5.74, 6) is 0.205. The number of amides is 1. The van der Waals surface area contributed by atoms with Crippen molar-refractivity contribution >= 4 is 11.7 Å². The Morgan fingerprint density at radius 2 is 1.82 bits per heavy atom. The highest BCUT2D eigenvalue weighted by Gasteiger charge is 2.44. The zero-order valence-corrected chi connectivity index (χ0v) is 23.2. The van der Waals surface area contributed by atoms with Crippen molar-refractivity contribution in [3.05, 3.63) is 58.7 Å². The van der Waals surface area contributed by atoms with Crippen LogP contribution in [0, 0.1) is 6.92 Å². The Morgan fingerprint density at radius 1 is 1.03 bits per heavy atom. The van der Waals surface area contributed by atoms with Gasteiger partial charge in [0.05, 0.1) is 38.0 Å². The molecule has 1 saturated heterocycles. The van der Waals surface area contributed by atoms with Crippen LogP contribution in [0.2, 0.25) is 0 Å². The number of carbonyl (C=O) groups excluding carboxylic acids is 2. The maximum Gasteiger partial charge on any atom is 0.290 e. The molecule has 1 fully saturated rings. The Morgan fingerprint density at radius 3 is 2.51 bits per heavy atom. The van der Waals surface area contributed by atoms with Gasteiger partial charge in [0.15, 0.2) is 23.0 Å². The number of unbranched alkanes of at least 4 members (excludes halogenated alkanes) is 2. The van der Waals surface area contributed by atoms with Gasteiger partial charge < -0.3 is 28.6 Å². The lowest BCUT2D eigenvalue weighted by atomic mass is 9.94. The molecule has 1 unspecified atom stereocenters. The van der Waals surface area contributed by atoms with Gasteiger partial charge in [-0.25, -0.2) is 0 Å². The molecule has 4 rings (SSSR count). The van der Waals surface area contributed by atoms with Crippen molar-refractivity contribution in [2.45, 2.75) is 52.5 Å². The average molecular weight is 541 g/mol. The highest BCUT2D eigenvalue weighted by Crippen LogP contribution is 2.42. The van der Waals surface area contributed by atoms with E-state index in [1.54, 1.807) is 24.0 Å². The van der Waals surface area contributed by atoms with Crippen LogP contribution in [0.25, 0.3) is 0 Å². The lowest BCUT2D eigenvalue weighted by molar-refractivity contribution is -0.129. The quantitative estimate of drug-likeness (QED) is 0.268. The highest BCUT2D eigenvalue weighted by molar-refractivity contribution is 6.15. The van der Waals surface area contributed by atoms with E-state index in [0.29, 0.717) is 62.2 Å². The maximum atomic E-state index is 13.6. The number of ether oxygens (including phenoxy) is 3. The first-order valence-corrected chi connectivity index (χ1v) is 14.0. The summed E-state index contributed by atoms with van der Waals surface area (Å²) in [5.41, 5.74) is 0.676. The number of carbonyl (C=O) groups is 2. The topological polar surface area (TPSA) is 102 Å². The molecule has 212 valence electrons. The van der Waals surface area contributed by atoms with Gasteiger partial charge in [-0.2, -0.15) is 0 Å². The minimum atomic E-state index is -0.784. The Labute approximate surface area is 230 Å². The standard InChI is InChI=1S/C30H40N2O7/c1-4-6-7-17-38-23-12-10-22(20-25(23)37-5-2)27-26(28(33)24-11-9-21(3)39-24)29(34)30(35)32(27)14-8-13-31-15-18-36-19-16-31/h9-12,20,27,34H,4-8,13-19H2,1-3H3. The fourth-order valence-corrected chi connectivity index (χ4v) is 5.06. The maximum absolute atomic E-state index is 13.6. The molecule has 1 aromatic heterocycles. The summed E-state index contributed by atoms with van der Waals surface area (Å²) in [6.45, 7) is 11.0. The zero-order valence-electron chi connectivity index (χ0n) is 23.2. The van der Waals surface area contributed by atoms with Crippen LogP contribution in [0.15, 0.2) is 46.1 Å². The van der Waals surface area contributed by atoms with Gasteiger partial charge in [0.1, 0.15) is 5.76 Å². The number of aliphatic hydroxyl groups excluding tert-OH is 1. The van der Waals surface area contributed by atoms with Crippen LogP contribution in [0.5, 0.6) is 11.5 Å². The van der Waals surface area contributed by atoms with Crippen LogP contribution >= 0.6 is 0 Å². The van der Waals surface area contributed by atoms with Crippen LogP contribution in [0.4, 0.5) is 0 Å². The third-order valence-electron chi connectivity index (χ3n) is 7.08. The summed E-state index contributed by atoms with van der Waals surface area (Å²) in [4.78, 5) is 30.8. The van der Waals surface area contributed by atoms with Crippen molar-refractivity contribution in [2.75, 3.05) is 52.6 Å². The second-order valence-corrected chi connectivity index (χ2v) is 9.91. The number of morpholine rings is 1. The number of hydrogen-bond donors (Lipinski definition) is 1. The third kappa shape index (κ3) is 6.83. The second-order valence-electron chi connectivity index (χ2n) is 9.91. The molecule has 9 heteroatoms. The summed E-state index contributed by atoms with van der Waals surface area (Å²) in [6.07, 6.45) is 3.80. The summed E-state index contributed by atoms with van der Waals surface area (Å²) in [6, 6.07) is 7.94. The van der Waals surface area contributed by atoms with E-state index in [0.717, 1.165) is 38.9 Å². The van der Waals surface area contributed by atoms with Gasteiger partial charge in [-0.3, -0.25) is 14.5 Å². The van der Waals surface area contributed by atoms with Crippen molar-refractivity contribution in [3.63, 3.8) is 0 Å². The van der Waals surface area contributed by atoms with E-state index in [1.807, 2.05) is 25.1 Å². The van der Waals surface area contributed by atoms with E-state index in [-0.39, 0.29) is 11.3 Å². The number of aryl methyl sites for hydroxylation is 1. The summed E-state index contributed by atoms with van der Waals surface area (Å²) in [7, 11) is 0. The number of rotatable bonds is 14. The minimum Gasteiger partial charge on any atom is -0.503 e. The van der Waals surface area contributed by atoms with Gasteiger partial charge in [0, 0.05) is 26.2 Å². The fraction of sp³-hybridized carbons (Fsp3) is 0.533. The van der Waals surface area contributed by atoms with Crippen LogP contribution in [0.3, 0.4) is 0 Å². The van der Waals surface area contributed by atoms with E-state index in [9.17, 15) is 14.7 Å². The van der Waals surface area contributed by atoms with E-state index < -0.39 is 23.5 Å². The third-order valence-corrected chi connectivity index (χ3v) is 7.08. The van der Waals surface area contributed by atoms with Crippen LogP contribution in [0.1, 0.15) is 67.5 Å². The zero-order chi connectivity index (χ0) is 27.8. The van der Waals surface area contributed by atoms with Crippen molar-refractivity contribution in [1.82, 2.24) is 9.80 Å². The number of ketones is 1. The summed E-state index contributed by atoms with van der Waals surface area (Å²) in [5, 5.41) is 11.0. The molecule has 1 amide bonds. The number of aliphatic hydroxyl groups is 1. The first-order valence-electron chi connectivity index (χ1n) is 14.0. The lowest BCUT2D eigenvalue weighted by Gasteiger charge is -2.30. The molecular formula is C30H40N2O7. The largest absolute Gasteiger partial charge is 0.503 e. The molecule has 1 aromatic carbocycles. The van der Waals surface area contributed by atoms with Crippen molar-refractivity contribution < 1.29 is 33.3 Å². The molecule has 0 bridgehead atoms. The smallest absolute Gasteiger partial charge is 0.290 e. The van der Waals surface area contributed by atoms with Gasteiger partial charge in [-0.15, -0.1) is 0 Å². The predicted octanol–water partition coefficient (Wildman–Crippen LogP) is 4.86. The monoisotopic (exact) mass is 540 g/mol. The normalized spacial score (nSPS) is 18.2. The van der Waals surface area contributed by atoms with Gasteiger partial charge >= 0.3 is 0 Å². The summed E-state index contributed by atoms with van der Waals surface area (Å²) >= 11 is 0. The van der Waals surface area contributed by atoms with Gasteiger partial charge in [0.25, 0.3) is 5.91 Å². The molecule has 0 spiro atoms. The first-order chi connectivity index (χ1) is 18.9. The Balaban J connectivity index is 1.64. The predicted molar refractivity (Wildman–Crippen MR) is 146 cm³/mol. The van der Waals surface area contributed by atoms with Crippen LogP contribution < -0.4 is 9.47 Å². The van der Waals surface area contributed by atoms with Crippen molar-refractivity contribution in [2.24, 2.45) is 0 Å². The molecule has 1 N–H and O–H groups in total. The molecule has 2 aliphatic heterocycles. The lowest BCUT2D eigenvalue weighted by Crippen LogP contribution is -2.39. The summed E-state index contributed by atoms with van der Waals surface area (Å²) < 4.78 is 22.9. The molecule has 1 atom stereocenters. The van der Waals surface area contributed by atoms with Gasteiger partial charge in [0.2, 0.25) is 5.78 Å². The number of Topliss-reactive ketones (excluding diaryl/α,β-unsaturated/α-hetero) is 1. The molecule has 0 aliphatic carbocycles.